The largest absolute Gasteiger partial charge is 0.320 e. The second-order valence-electron chi connectivity index (χ2n) is 4.47. The molecule has 0 saturated carbocycles. The molecule has 0 amide bonds. The third kappa shape index (κ3) is 2.72. The molecule has 0 saturated heterocycles. The lowest BCUT2D eigenvalue weighted by Gasteiger charge is -2.08. The molecule has 3 aromatic rings. The van der Waals surface area contributed by atoms with Crippen molar-refractivity contribution < 1.29 is 8.78 Å². The van der Waals surface area contributed by atoms with Crippen molar-refractivity contribution in [2.24, 2.45) is 0 Å². The van der Waals surface area contributed by atoms with Crippen LogP contribution in [0.4, 0.5) is 8.78 Å². The molecule has 0 aliphatic rings. The van der Waals surface area contributed by atoms with E-state index in [2.05, 4.69) is 20.9 Å². The Morgan fingerprint density at radius 1 is 1.29 bits per heavy atom. The average Bonchev–Trinajstić information content (AvgIpc) is 3.01. The second-order valence-corrected chi connectivity index (χ2v) is 6.71. The van der Waals surface area contributed by atoms with Crippen LogP contribution in [0.3, 0.4) is 0 Å². The normalized spacial score (nSPS) is 11.4. The lowest BCUT2D eigenvalue weighted by Crippen LogP contribution is -2.06. The zero-order valence-corrected chi connectivity index (χ0v) is 13.9. The van der Waals surface area contributed by atoms with E-state index in [4.69, 9.17) is 11.6 Å². The van der Waals surface area contributed by atoms with Crippen molar-refractivity contribution in [2.75, 3.05) is 5.88 Å². The Labute approximate surface area is 137 Å². The van der Waals surface area contributed by atoms with Crippen LogP contribution in [0.5, 0.6) is 0 Å². The predicted octanol–water partition coefficient (Wildman–Crippen LogP) is 4.97. The molecule has 0 radical (unpaired) electrons. The highest BCUT2D eigenvalue weighted by Gasteiger charge is 2.18. The van der Waals surface area contributed by atoms with E-state index in [-0.39, 0.29) is 5.52 Å². The average molecular weight is 392 g/mol. The van der Waals surface area contributed by atoms with E-state index >= 15 is 0 Å². The van der Waals surface area contributed by atoms with Crippen molar-refractivity contribution in [3.05, 3.63) is 50.4 Å². The Morgan fingerprint density at radius 3 is 2.76 bits per heavy atom. The van der Waals surface area contributed by atoms with Gasteiger partial charge in [0.25, 0.3) is 0 Å². The van der Waals surface area contributed by atoms with Crippen molar-refractivity contribution in [3.63, 3.8) is 0 Å². The minimum atomic E-state index is -0.869. The maximum Gasteiger partial charge on any atom is 0.184 e. The van der Waals surface area contributed by atoms with E-state index in [0.717, 1.165) is 15.4 Å². The first-order valence-electron chi connectivity index (χ1n) is 6.22. The van der Waals surface area contributed by atoms with E-state index in [0.29, 0.717) is 30.2 Å². The third-order valence-corrected chi connectivity index (χ3v) is 5.29. The molecule has 2 aromatic heterocycles. The summed E-state index contributed by atoms with van der Waals surface area (Å²) in [5.74, 6) is -0.705. The highest BCUT2D eigenvalue weighted by molar-refractivity contribution is 9.10. The summed E-state index contributed by atoms with van der Waals surface area (Å²) in [6, 6.07) is 4.52. The quantitative estimate of drug-likeness (QED) is 0.574. The Bertz CT molecular complexity index is 800. The van der Waals surface area contributed by atoms with Gasteiger partial charge in [-0.05, 0) is 39.5 Å². The van der Waals surface area contributed by atoms with Crippen LogP contribution in [0.2, 0.25) is 0 Å². The van der Waals surface area contributed by atoms with Crippen molar-refractivity contribution in [3.8, 4) is 0 Å². The fraction of sp³-hybridized carbons (Fsp3) is 0.214. The lowest BCUT2D eigenvalue weighted by atomic mass is 10.3. The van der Waals surface area contributed by atoms with Crippen molar-refractivity contribution in [1.82, 2.24) is 9.55 Å². The lowest BCUT2D eigenvalue weighted by molar-refractivity contribution is 0.512. The first-order valence-corrected chi connectivity index (χ1v) is 8.43. The third-order valence-electron chi connectivity index (χ3n) is 3.19. The SMILES string of the molecule is Fc1ccc2nc(CCCl)n(Cc3sccc3Br)c2c1F. The van der Waals surface area contributed by atoms with Crippen molar-refractivity contribution in [2.45, 2.75) is 13.0 Å². The number of aromatic nitrogens is 2. The van der Waals surface area contributed by atoms with Gasteiger partial charge in [0, 0.05) is 21.7 Å². The Morgan fingerprint density at radius 2 is 2.10 bits per heavy atom. The van der Waals surface area contributed by atoms with Crippen molar-refractivity contribution >= 4 is 49.9 Å². The van der Waals surface area contributed by atoms with Gasteiger partial charge >= 0.3 is 0 Å². The predicted molar refractivity (Wildman–Crippen MR) is 85.2 cm³/mol. The molecule has 0 N–H and O–H groups in total. The monoisotopic (exact) mass is 390 g/mol. The number of thiophene rings is 1. The molecule has 2 nitrogen and oxygen atoms in total. The molecule has 0 bridgehead atoms. The molecule has 0 fully saturated rings. The molecule has 0 aliphatic carbocycles. The number of hydrogen-bond donors (Lipinski definition) is 0. The molecule has 0 spiro atoms. The smallest absolute Gasteiger partial charge is 0.184 e. The number of rotatable bonds is 4. The molecular weight excluding hydrogens is 382 g/mol. The molecule has 2 heterocycles. The Balaban J connectivity index is 2.19. The first-order chi connectivity index (χ1) is 10.1. The fourth-order valence-corrected chi connectivity index (χ4v) is 3.87. The molecule has 110 valence electrons. The van der Waals surface area contributed by atoms with Crippen LogP contribution >= 0.6 is 38.9 Å². The summed E-state index contributed by atoms with van der Waals surface area (Å²) in [4.78, 5) is 5.40. The molecule has 1 aromatic carbocycles. The molecule has 3 rings (SSSR count). The molecule has 0 aliphatic heterocycles. The number of aryl methyl sites for hydroxylation is 1. The number of imidazole rings is 1. The van der Waals surface area contributed by atoms with Gasteiger partial charge in [-0.15, -0.1) is 22.9 Å². The number of hydrogen-bond acceptors (Lipinski definition) is 2. The molecule has 21 heavy (non-hydrogen) atoms. The van der Waals surface area contributed by atoms with Gasteiger partial charge in [-0.2, -0.15) is 0 Å². The van der Waals surface area contributed by atoms with Crippen LogP contribution in [0.15, 0.2) is 28.1 Å². The minimum absolute atomic E-state index is 0.190. The zero-order valence-electron chi connectivity index (χ0n) is 10.7. The van der Waals surface area contributed by atoms with Gasteiger partial charge in [-0.1, -0.05) is 0 Å². The maximum atomic E-state index is 14.2. The second kappa shape index (κ2) is 6.02. The topological polar surface area (TPSA) is 17.8 Å². The van der Waals surface area contributed by atoms with Crippen LogP contribution in [0.1, 0.15) is 10.7 Å². The highest BCUT2D eigenvalue weighted by Crippen LogP contribution is 2.28. The van der Waals surface area contributed by atoms with E-state index in [1.54, 1.807) is 15.9 Å². The molecule has 0 atom stereocenters. The number of alkyl halides is 1. The van der Waals surface area contributed by atoms with E-state index < -0.39 is 11.6 Å². The van der Waals surface area contributed by atoms with E-state index in [9.17, 15) is 8.78 Å². The summed E-state index contributed by atoms with van der Waals surface area (Å²) < 4.78 is 30.3. The summed E-state index contributed by atoms with van der Waals surface area (Å²) in [5.41, 5.74) is 0.636. The number of halogens is 4. The Hall–Kier alpha value is -0.980. The van der Waals surface area contributed by atoms with Gasteiger partial charge in [0.1, 0.15) is 11.3 Å². The fourth-order valence-electron chi connectivity index (χ4n) is 2.23. The number of benzene rings is 1. The Kier molecular flexibility index (Phi) is 4.28. The number of fused-ring (bicyclic) bond motifs is 1. The molecule has 7 heteroatoms. The van der Waals surface area contributed by atoms with E-state index in [1.165, 1.54) is 6.07 Å². The standard InChI is InChI=1S/C14H10BrClF2N2S/c15-8-4-6-21-11(8)7-20-12(3-5-16)19-10-2-1-9(17)13(18)14(10)20/h1-2,4,6H,3,5,7H2. The minimum Gasteiger partial charge on any atom is -0.320 e. The zero-order chi connectivity index (χ0) is 15.0. The van der Waals surface area contributed by atoms with Gasteiger partial charge in [-0.3, -0.25) is 0 Å². The summed E-state index contributed by atoms with van der Waals surface area (Å²) in [6.07, 6.45) is 0.500. The maximum absolute atomic E-state index is 14.2. The van der Waals surface area contributed by atoms with Gasteiger partial charge < -0.3 is 4.57 Å². The van der Waals surface area contributed by atoms with Gasteiger partial charge in [0.15, 0.2) is 11.6 Å². The van der Waals surface area contributed by atoms with Gasteiger partial charge in [0.05, 0.1) is 12.1 Å². The van der Waals surface area contributed by atoms with Crippen LogP contribution in [0, 0.1) is 11.6 Å². The summed E-state index contributed by atoms with van der Waals surface area (Å²) in [5, 5.41) is 1.94. The van der Waals surface area contributed by atoms with Crippen LogP contribution in [-0.4, -0.2) is 15.4 Å². The van der Waals surface area contributed by atoms with Crippen LogP contribution in [-0.2, 0) is 13.0 Å². The van der Waals surface area contributed by atoms with Crippen LogP contribution in [0.25, 0.3) is 11.0 Å². The van der Waals surface area contributed by atoms with Gasteiger partial charge in [0.2, 0.25) is 0 Å². The van der Waals surface area contributed by atoms with Crippen LogP contribution < -0.4 is 0 Å². The number of nitrogens with zero attached hydrogens (tertiary/aromatic N) is 2. The molecule has 0 unspecified atom stereocenters. The van der Waals surface area contributed by atoms with E-state index in [1.807, 2.05) is 11.4 Å². The summed E-state index contributed by atoms with van der Waals surface area (Å²) in [7, 11) is 0. The van der Waals surface area contributed by atoms with Crippen molar-refractivity contribution in [1.29, 1.82) is 0 Å². The summed E-state index contributed by atoms with van der Waals surface area (Å²) >= 11 is 10.8. The van der Waals surface area contributed by atoms with Gasteiger partial charge in [-0.25, -0.2) is 13.8 Å². The highest BCUT2D eigenvalue weighted by atomic mass is 79.9. The first kappa shape index (κ1) is 14.9. The molecular formula is C14H10BrClF2N2S. The summed E-state index contributed by atoms with van der Waals surface area (Å²) in [6.45, 7) is 0.432.